The predicted octanol–water partition coefficient (Wildman–Crippen LogP) is 4.24. The molecule has 3 aliphatic rings. The van der Waals surface area contributed by atoms with Crippen LogP contribution in [0.1, 0.15) is 55.1 Å². The van der Waals surface area contributed by atoms with Crippen molar-refractivity contribution >= 4 is 29.1 Å². The standard InChI is InChI=1S/C30H36F3N5O5S/c1-6-42-27(39)22-20(12-37-15-30(32,33)24-21(37)13-43-38(24)11-10-29(4,5)28(40)41)35-25(26-34-16(2)14-44-26)36-23(22)18-8-7-9-19(31)17(18)3/h7-9,14,21,23-24H,6,10-13,15H2,1-5H3,(H,35,36)(H,40,41). The van der Waals surface area contributed by atoms with E-state index in [1.54, 1.807) is 38.7 Å². The van der Waals surface area contributed by atoms with Crippen LogP contribution in [0.2, 0.25) is 0 Å². The summed E-state index contributed by atoms with van der Waals surface area (Å²) in [5, 5.41) is 16.2. The van der Waals surface area contributed by atoms with E-state index in [9.17, 15) is 19.1 Å². The lowest BCUT2D eigenvalue weighted by molar-refractivity contribution is -0.186. The van der Waals surface area contributed by atoms with Crippen LogP contribution in [0.4, 0.5) is 13.2 Å². The topological polar surface area (TPSA) is 117 Å². The molecule has 10 nitrogen and oxygen atoms in total. The van der Waals surface area contributed by atoms with Crippen LogP contribution in [-0.2, 0) is 19.2 Å². The van der Waals surface area contributed by atoms with Crippen LogP contribution in [0, 0.1) is 25.1 Å². The van der Waals surface area contributed by atoms with Gasteiger partial charge in [-0.1, -0.05) is 12.1 Å². The van der Waals surface area contributed by atoms with Gasteiger partial charge >= 0.3 is 11.9 Å². The lowest BCUT2D eigenvalue weighted by Crippen LogP contribution is -2.46. The Morgan fingerprint density at radius 1 is 1.30 bits per heavy atom. The second-order valence-electron chi connectivity index (χ2n) is 11.9. The second-order valence-corrected chi connectivity index (χ2v) is 12.8. The Morgan fingerprint density at radius 3 is 2.70 bits per heavy atom. The van der Waals surface area contributed by atoms with Crippen molar-refractivity contribution in [2.75, 3.05) is 32.8 Å². The second kappa shape index (κ2) is 12.2. The zero-order chi connectivity index (χ0) is 32.0. The van der Waals surface area contributed by atoms with Crippen molar-refractivity contribution in [2.24, 2.45) is 10.4 Å². The highest BCUT2D eigenvalue weighted by Crippen LogP contribution is 2.42. The van der Waals surface area contributed by atoms with E-state index in [4.69, 9.17) is 14.6 Å². The van der Waals surface area contributed by atoms with Gasteiger partial charge in [0, 0.05) is 29.9 Å². The molecular formula is C30H36F3N5O5S. The number of likely N-dealkylation sites (tertiary alicyclic amines) is 1. The number of aliphatic carboxylic acids is 1. The Balaban J connectivity index is 1.52. The summed E-state index contributed by atoms with van der Waals surface area (Å²) in [5.41, 5.74) is 0.787. The van der Waals surface area contributed by atoms with Gasteiger partial charge in [0.1, 0.15) is 17.9 Å². The molecule has 0 radical (unpaired) electrons. The number of ether oxygens (including phenoxy) is 1. The van der Waals surface area contributed by atoms with Gasteiger partial charge in [0.2, 0.25) is 0 Å². The van der Waals surface area contributed by atoms with Crippen LogP contribution in [-0.4, -0.2) is 88.7 Å². The zero-order valence-electron chi connectivity index (χ0n) is 25.2. The molecule has 0 spiro atoms. The van der Waals surface area contributed by atoms with Gasteiger partial charge in [-0.15, -0.1) is 11.3 Å². The van der Waals surface area contributed by atoms with Gasteiger partial charge in [-0.2, -0.15) is 5.06 Å². The molecule has 44 heavy (non-hydrogen) atoms. The Kier molecular flexibility index (Phi) is 8.91. The molecule has 4 heterocycles. The number of alkyl halides is 2. The molecular weight excluding hydrogens is 599 g/mol. The molecule has 0 saturated carbocycles. The number of carboxylic acids is 1. The summed E-state index contributed by atoms with van der Waals surface area (Å²) < 4.78 is 51.4. The number of esters is 1. The van der Waals surface area contributed by atoms with E-state index in [0.29, 0.717) is 27.7 Å². The number of nitrogens with zero attached hydrogens (tertiary/aromatic N) is 4. The van der Waals surface area contributed by atoms with E-state index in [0.717, 1.165) is 5.69 Å². The number of aliphatic imine (C=N–C) groups is 1. The van der Waals surface area contributed by atoms with Gasteiger partial charge in [0.15, 0.2) is 10.8 Å². The molecule has 0 amide bonds. The van der Waals surface area contributed by atoms with E-state index in [2.05, 4.69) is 10.3 Å². The number of hydrogen-bond acceptors (Lipinski definition) is 10. The van der Waals surface area contributed by atoms with Crippen molar-refractivity contribution in [3.8, 4) is 0 Å². The molecule has 1 aromatic carbocycles. The fraction of sp³-hybridized carbons (Fsp3) is 0.533. The number of fused-ring (bicyclic) bond motifs is 1. The molecule has 238 valence electrons. The largest absolute Gasteiger partial charge is 0.481 e. The third-order valence-electron chi connectivity index (χ3n) is 8.35. The summed E-state index contributed by atoms with van der Waals surface area (Å²) in [6.07, 6.45) is 0.114. The first-order valence-corrected chi connectivity index (χ1v) is 15.3. The van der Waals surface area contributed by atoms with Crippen LogP contribution >= 0.6 is 11.3 Å². The fourth-order valence-corrected chi connectivity index (χ4v) is 6.52. The van der Waals surface area contributed by atoms with Crippen LogP contribution < -0.4 is 5.32 Å². The highest BCUT2D eigenvalue weighted by Gasteiger charge is 2.61. The monoisotopic (exact) mass is 635 g/mol. The number of carbonyl (C=O) groups is 2. The first kappa shape index (κ1) is 32.1. The first-order chi connectivity index (χ1) is 20.7. The van der Waals surface area contributed by atoms with Crippen LogP contribution in [0.15, 0.2) is 39.8 Å². The van der Waals surface area contributed by atoms with E-state index in [-0.39, 0.29) is 38.3 Å². The Bertz CT molecular complexity index is 1510. The minimum atomic E-state index is -3.18. The van der Waals surface area contributed by atoms with E-state index in [1.807, 2.05) is 12.3 Å². The number of benzene rings is 1. The van der Waals surface area contributed by atoms with Crippen molar-refractivity contribution in [2.45, 2.75) is 65.1 Å². The molecule has 2 saturated heterocycles. The van der Waals surface area contributed by atoms with Gasteiger partial charge in [-0.05, 0) is 58.2 Å². The smallest absolute Gasteiger partial charge is 0.338 e. The Hall–Kier alpha value is -3.33. The number of amidine groups is 1. The SMILES string of the molecule is CCOC(=O)C1=C(CN2CC(F)(F)C3C2CON3CCC(C)(C)C(=O)O)NC(c2nc(C)cs2)=NC1c1cccc(F)c1C. The quantitative estimate of drug-likeness (QED) is 0.370. The molecule has 0 aliphatic carbocycles. The average molecular weight is 636 g/mol. The summed E-state index contributed by atoms with van der Waals surface area (Å²) in [5.74, 6) is -5.03. The van der Waals surface area contributed by atoms with Crippen molar-refractivity contribution in [1.29, 1.82) is 0 Å². The maximum absolute atomic E-state index is 15.6. The van der Waals surface area contributed by atoms with Gasteiger partial charge < -0.3 is 15.2 Å². The molecule has 3 unspecified atom stereocenters. The molecule has 3 aliphatic heterocycles. The van der Waals surface area contributed by atoms with Gasteiger partial charge in [0.25, 0.3) is 5.92 Å². The number of aromatic nitrogens is 1. The molecule has 5 rings (SSSR count). The third-order valence-corrected chi connectivity index (χ3v) is 9.31. The van der Waals surface area contributed by atoms with Crippen molar-refractivity contribution < 1.29 is 37.4 Å². The highest BCUT2D eigenvalue weighted by atomic mass is 32.1. The fourth-order valence-electron chi connectivity index (χ4n) is 5.78. The number of carbonyl (C=O) groups excluding carboxylic acids is 1. The molecule has 3 atom stereocenters. The number of nitrogens with one attached hydrogen (secondary N) is 1. The molecule has 14 heteroatoms. The number of hydrogen-bond donors (Lipinski definition) is 2. The summed E-state index contributed by atoms with van der Waals surface area (Å²) in [4.78, 5) is 41.7. The first-order valence-electron chi connectivity index (χ1n) is 14.4. The van der Waals surface area contributed by atoms with Crippen molar-refractivity contribution in [1.82, 2.24) is 20.3 Å². The van der Waals surface area contributed by atoms with Crippen molar-refractivity contribution in [3.63, 3.8) is 0 Å². The average Bonchev–Trinajstić information content (AvgIpc) is 3.65. The van der Waals surface area contributed by atoms with E-state index in [1.165, 1.54) is 28.5 Å². The maximum Gasteiger partial charge on any atom is 0.338 e. The van der Waals surface area contributed by atoms with Crippen LogP contribution in [0.25, 0.3) is 0 Å². The lowest BCUT2D eigenvalue weighted by Gasteiger charge is -2.31. The Morgan fingerprint density at radius 2 is 2.05 bits per heavy atom. The minimum Gasteiger partial charge on any atom is -0.481 e. The minimum absolute atomic E-state index is 0.0139. The molecule has 2 N–H and O–H groups in total. The summed E-state index contributed by atoms with van der Waals surface area (Å²) >= 11 is 1.33. The molecule has 1 aromatic heterocycles. The highest BCUT2D eigenvalue weighted by molar-refractivity contribution is 7.11. The number of halogens is 3. The van der Waals surface area contributed by atoms with Crippen LogP contribution in [0.5, 0.6) is 0 Å². The summed E-state index contributed by atoms with van der Waals surface area (Å²) in [6.45, 7) is 7.50. The number of carboxylic acid groups (broad SMARTS) is 1. The molecule has 0 bridgehead atoms. The number of hydroxylamine groups is 2. The van der Waals surface area contributed by atoms with Gasteiger partial charge in [-0.3, -0.25) is 19.5 Å². The van der Waals surface area contributed by atoms with E-state index < -0.39 is 53.8 Å². The third kappa shape index (κ3) is 6.12. The number of aryl methyl sites for hydroxylation is 1. The normalized spacial score (nSPS) is 23.8. The zero-order valence-corrected chi connectivity index (χ0v) is 26.0. The lowest BCUT2D eigenvalue weighted by atomic mass is 9.89. The number of thiazole rings is 1. The molecule has 2 aromatic rings. The number of rotatable bonds is 10. The van der Waals surface area contributed by atoms with Crippen molar-refractivity contribution in [3.05, 3.63) is 62.5 Å². The van der Waals surface area contributed by atoms with E-state index >= 15 is 8.78 Å². The predicted molar refractivity (Wildman–Crippen MR) is 157 cm³/mol. The Labute approximate surface area is 257 Å². The summed E-state index contributed by atoms with van der Waals surface area (Å²) in [6, 6.07) is 1.51. The summed E-state index contributed by atoms with van der Waals surface area (Å²) in [7, 11) is 0. The van der Waals surface area contributed by atoms with Crippen LogP contribution in [0.3, 0.4) is 0 Å². The maximum atomic E-state index is 15.6. The molecule has 2 fully saturated rings. The van der Waals surface area contributed by atoms with Gasteiger partial charge in [-0.25, -0.2) is 22.9 Å². The van der Waals surface area contributed by atoms with Gasteiger partial charge in [0.05, 0.1) is 36.8 Å².